The number of thioether (sulfide) groups is 1. The Bertz CT molecular complexity index is 1290. The molecule has 0 radical (unpaired) electrons. The Hall–Kier alpha value is -3.38. The van der Waals surface area contributed by atoms with Gasteiger partial charge >= 0.3 is 0 Å². The highest BCUT2D eigenvalue weighted by molar-refractivity contribution is 8.00. The molecule has 0 aliphatic carbocycles. The van der Waals surface area contributed by atoms with Gasteiger partial charge in [-0.25, -0.2) is 4.98 Å². The fourth-order valence-electron chi connectivity index (χ4n) is 3.76. The van der Waals surface area contributed by atoms with Crippen LogP contribution < -0.4 is 5.56 Å². The molecule has 168 valence electrons. The van der Waals surface area contributed by atoms with Gasteiger partial charge in [0.1, 0.15) is 0 Å². The molecule has 1 atom stereocenters. The molecule has 0 fully saturated rings. The van der Waals surface area contributed by atoms with Gasteiger partial charge in [0.2, 0.25) is 5.91 Å². The van der Waals surface area contributed by atoms with E-state index in [-0.39, 0.29) is 16.7 Å². The Morgan fingerprint density at radius 2 is 1.55 bits per heavy atom. The zero-order valence-electron chi connectivity index (χ0n) is 18.8. The number of aromatic nitrogens is 2. The molecule has 1 aromatic heterocycles. The van der Waals surface area contributed by atoms with Crippen molar-refractivity contribution >= 4 is 28.6 Å². The van der Waals surface area contributed by atoms with Gasteiger partial charge in [-0.1, -0.05) is 84.6 Å². The van der Waals surface area contributed by atoms with Crippen LogP contribution in [0.3, 0.4) is 0 Å². The van der Waals surface area contributed by atoms with Gasteiger partial charge in [0.05, 0.1) is 22.7 Å². The first-order chi connectivity index (χ1) is 16.1. The van der Waals surface area contributed by atoms with Crippen LogP contribution in [0.15, 0.2) is 94.9 Å². The number of hydrogen-bond acceptors (Lipinski definition) is 4. The van der Waals surface area contributed by atoms with Crippen molar-refractivity contribution in [2.45, 2.75) is 37.3 Å². The summed E-state index contributed by atoms with van der Waals surface area (Å²) in [7, 11) is 0. The predicted octanol–water partition coefficient (Wildman–Crippen LogP) is 4.97. The topological polar surface area (TPSA) is 55.2 Å². The van der Waals surface area contributed by atoms with Crippen molar-refractivity contribution < 1.29 is 4.79 Å². The van der Waals surface area contributed by atoms with Crippen LogP contribution in [0.1, 0.15) is 25.0 Å². The summed E-state index contributed by atoms with van der Waals surface area (Å²) in [4.78, 5) is 33.3. The quantitative estimate of drug-likeness (QED) is 0.277. The molecule has 0 bridgehead atoms. The fraction of sp³-hybridized carbons (Fsp3) is 0.222. The van der Waals surface area contributed by atoms with E-state index in [2.05, 4.69) is 0 Å². The van der Waals surface area contributed by atoms with E-state index in [1.165, 1.54) is 11.8 Å². The molecule has 6 heteroatoms. The van der Waals surface area contributed by atoms with E-state index >= 15 is 0 Å². The van der Waals surface area contributed by atoms with Crippen LogP contribution in [0.5, 0.6) is 0 Å². The molecule has 4 rings (SSSR count). The molecule has 1 unspecified atom stereocenters. The SMILES string of the molecule is CCN(Cc1ccccc1)C(=O)C(C)Sc1nc2ccccc2c(=O)n1Cc1ccccc1. The molecule has 1 amide bonds. The number of fused-ring (bicyclic) bond motifs is 1. The smallest absolute Gasteiger partial charge is 0.262 e. The van der Waals surface area contributed by atoms with Crippen LogP contribution in [-0.4, -0.2) is 32.2 Å². The number of carbonyl (C=O) groups is 1. The van der Waals surface area contributed by atoms with Crippen LogP contribution in [0.4, 0.5) is 0 Å². The summed E-state index contributed by atoms with van der Waals surface area (Å²) in [5.74, 6) is 0.0278. The standard InChI is InChI=1S/C27H27N3O2S/c1-3-29(18-21-12-6-4-7-13-21)25(31)20(2)33-27-28-24-17-11-10-16-23(24)26(32)30(27)19-22-14-8-5-9-15-22/h4-17,20H,3,18-19H2,1-2H3. The summed E-state index contributed by atoms with van der Waals surface area (Å²) in [5.41, 5.74) is 2.65. The Labute approximate surface area is 198 Å². The summed E-state index contributed by atoms with van der Waals surface area (Å²) in [5, 5.41) is 0.749. The second kappa shape index (κ2) is 10.5. The van der Waals surface area contributed by atoms with E-state index in [0.29, 0.717) is 35.7 Å². The van der Waals surface area contributed by atoms with Gasteiger partial charge in [0.25, 0.3) is 5.56 Å². The van der Waals surface area contributed by atoms with Crippen molar-refractivity contribution in [2.24, 2.45) is 0 Å². The Kier molecular flexibility index (Phi) is 7.25. The Balaban J connectivity index is 1.64. The molecule has 0 aliphatic heterocycles. The second-order valence-corrected chi connectivity index (χ2v) is 9.19. The number of nitrogens with zero attached hydrogens (tertiary/aromatic N) is 3. The van der Waals surface area contributed by atoms with Crippen LogP contribution in [-0.2, 0) is 17.9 Å². The third-order valence-electron chi connectivity index (χ3n) is 5.55. The third-order valence-corrected chi connectivity index (χ3v) is 6.63. The van der Waals surface area contributed by atoms with Crippen molar-refractivity contribution in [1.29, 1.82) is 0 Å². The highest BCUT2D eigenvalue weighted by Crippen LogP contribution is 2.25. The van der Waals surface area contributed by atoms with Gasteiger partial charge in [-0.3, -0.25) is 14.2 Å². The van der Waals surface area contributed by atoms with Gasteiger partial charge in [-0.15, -0.1) is 0 Å². The van der Waals surface area contributed by atoms with E-state index in [9.17, 15) is 9.59 Å². The average Bonchev–Trinajstić information content (AvgIpc) is 2.85. The largest absolute Gasteiger partial charge is 0.338 e. The van der Waals surface area contributed by atoms with Crippen molar-refractivity contribution in [3.8, 4) is 0 Å². The lowest BCUT2D eigenvalue weighted by Gasteiger charge is -2.25. The van der Waals surface area contributed by atoms with Gasteiger partial charge in [0.15, 0.2) is 5.16 Å². The Morgan fingerprint density at radius 3 is 2.21 bits per heavy atom. The minimum atomic E-state index is -0.385. The van der Waals surface area contributed by atoms with E-state index in [0.717, 1.165) is 11.1 Å². The number of rotatable bonds is 8. The molecule has 0 saturated heterocycles. The first kappa shape index (κ1) is 22.8. The summed E-state index contributed by atoms with van der Waals surface area (Å²) in [6.45, 7) is 5.44. The summed E-state index contributed by atoms with van der Waals surface area (Å²) in [6, 6.07) is 27.2. The average molecular weight is 458 g/mol. The summed E-state index contributed by atoms with van der Waals surface area (Å²) >= 11 is 1.34. The molecule has 0 spiro atoms. The van der Waals surface area contributed by atoms with Crippen LogP contribution in [0, 0.1) is 0 Å². The monoisotopic (exact) mass is 457 g/mol. The minimum absolute atomic E-state index is 0.0278. The lowest BCUT2D eigenvalue weighted by atomic mass is 10.2. The summed E-state index contributed by atoms with van der Waals surface area (Å²) < 4.78 is 1.68. The number of amides is 1. The number of hydrogen-bond donors (Lipinski definition) is 0. The normalized spacial score (nSPS) is 11.9. The molecule has 5 nitrogen and oxygen atoms in total. The van der Waals surface area contributed by atoms with Gasteiger partial charge in [-0.2, -0.15) is 0 Å². The van der Waals surface area contributed by atoms with E-state index in [1.54, 1.807) is 10.6 Å². The summed E-state index contributed by atoms with van der Waals surface area (Å²) in [6.07, 6.45) is 0. The van der Waals surface area contributed by atoms with Crippen molar-refractivity contribution in [1.82, 2.24) is 14.5 Å². The maximum Gasteiger partial charge on any atom is 0.262 e. The van der Waals surface area contributed by atoms with Crippen molar-refractivity contribution in [2.75, 3.05) is 6.54 Å². The van der Waals surface area contributed by atoms with Crippen LogP contribution in [0.2, 0.25) is 0 Å². The van der Waals surface area contributed by atoms with Crippen molar-refractivity contribution in [3.05, 3.63) is 106 Å². The first-order valence-electron chi connectivity index (χ1n) is 11.1. The van der Waals surface area contributed by atoms with Gasteiger partial charge in [-0.05, 0) is 37.1 Å². The minimum Gasteiger partial charge on any atom is -0.338 e. The molecule has 0 N–H and O–H groups in total. The molecule has 1 heterocycles. The van der Waals surface area contributed by atoms with E-state index < -0.39 is 0 Å². The fourth-order valence-corrected chi connectivity index (χ4v) is 4.75. The number of para-hydroxylation sites is 1. The highest BCUT2D eigenvalue weighted by atomic mass is 32.2. The van der Waals surface area contributed by atoms with E-state index in [1.807, 2.05) is 97.6 Å². The van der Waals surface area contributed by atoms with E-state index in [4.69, 9.17) is 4.98 Å². The molecule has 0 saturated carbocycles. The maximum absolute atomic E-state index is 13.4. The predicted molar refractivity (Wildman–Crippen MR) is 134 cm³/mol. The molecule has 0 aliphatic rings. The van der Waals surface area contributed by atoms with Crippen molar-refractivity contribution in [3.63, 3.8) is 0 Å². The Morgan fingerprint density at radius 1 is 0.939 bits per heavy atom. The first-order valence-corrected chi connectivity index (χ1v) is 12.0. The third kappa shape index (κ3) is 5.34. The lowest BCUT2D eigenvalue weighted by Crippen LogP contribution is -2.36. The maximum atomic E-state index is 13.4. The number of carbonyl (C=O) groups excluding carboxylic acids is 1. The molecule has 33 heavy (non-hydrogen) atoms. The zero-order valence-corrected chi connectivity index (χ0v) is 19.7. The second-order valence-electron chi connectivity index (χ2n) is 7.89. The lowest BCUT2D eigenvalue weighted by molar-refractivity contribution is -0.130. The van der Waals surface area contributed by atoms with Crippen LogP contribution in [0.25, 0.3) is 10.9 Å². The van der Waals surface area contributed by atoms with Crippen LogP contribution >= 0.6 is 11.8 Å². The zero-order chi connectivity index (χ0) is 23.2. The van der Waals surface area contributed by atoms with Gasteiger partial charge in [0, 0.05) is 13.1 Å². The highest BCUT2D eigenvalue weighted by Gasteiger charge is 2.23. The van der Waals surface area contributed by atoms with Gasteiger partial charge < -0.3 is 4.90 Å². The molecular formula is C27H27N3O2S. The molecular weight excluding hydrogens is 430 g/mol. The number of benzene rings is 3. The molecule has 3 aromatic carbocycles. The molecule has 4 aromatic rings.